The van der Waals surface area contributed by atoms with Gasteiger partial charge >= 0.3 is 0 Å². The Morgan fingerprint density at radius 2 is 2.05 bits per heavy atom. The van der Waals surface area contributed by atoms with E-state index in [1.165, 1.54) is 37.0 Å². The number of Topliss-reactive ketones (excluding diaryl/α,β-unsaturated/α-hetero) is 1. The zero-order valence-corrected chi connectivity index (χ0v) is 13.5. The van der Waals surface area contributed by atoms with Crippen LogP contribution in [0.1, 0.15) is 49.2 Å². The second-order valence-electron chi connectivity index (χ2n) is 6.34. The maximum atomic E-state index is 12.1. The van der Waals surface area contributed by atoms with Gasteiger partial charge in [0.15, 0.2) is 5.78 Å². The minimum atomic E-state index is 0.184. The predicted molar refractivity (Wildman–Crippen MR) is 82.3 cm³/mol. The van der Waals surface area contributed by atoms with E-state index in [-0.39, 0.29) is 5.78 Å². The van der Waals surface area contributed by atoms with Crippen molar-refractivity contribution in [2.24, 2.45) is 5.41 Å². The summed E-state index contributed by atoms with van der Waals surface area (Å²) in [6.07, 6.45) is 4.89. The van der Waals surface area contributed by atoms with Crippen LogP contribution in [0.5, 0.6) is 0 Å². The van der Waals surface area contributed by atoms with Crippen molar-refractivity contribution in [1.29, 1.82) is 0 Å². The third-order valence-electron chi connectivity index (χ3n) is 4.17. The van der Waals surface area contributed by atoms with Gasteiger partial charge in [-0.15, -0.1) is 11.3 Å². The van der Waals surface area contributed by atoms with Gasteiger partial charge in [-0.05, 0) is 50.3 Å². The number of hydrogen-bond donors (Lipinski definition) is 0. The zero-order chi connectivity index (χ0) is 14.0. The van der Waals surface area contributed by atoms with Crippen LogP contribution in [-0.2, 0) is 0 Å². The van der Waals surface area contributed by atoms with Crippen LogP contribution in [0.15, 0.2) is 12.1 Å². The number of ketones is 1. The van der Waals surface area contributed by atoms with Crippen molar-refractivity contribution < 1.29 is 4.79 Å². The SMILES string of the molecule is CN(CC(=O)c1ccc(Cl)s1)C1CCC(C)(C)CC1. The van der Waals surface area contributed by atoms with E-state index in [1.54, 1.807) is 6.07 Å². The van der Waals surface area contributed by atoms with E-state index in [2.05, 4.69) is 25.8 Å². The van der Waals surface area contributed by atoms with E-state index in [1.807, 2.05) is 6.07 Å². The molecule has 1 saturated carbocycles. The van der Waals surface area contributed by atoms with Crippen LogP contribution < -0.4 is 0 Å². The molecule has 0 aliphatic heterocycles. The molecule has 0 aromatic carbocycles. The van der Waals surface area contributed by atoms with Gasteiger partial charge in [-0.1, -0.05) is 25.4 Å². The fourth-order valence-electron chi connectivity index (χ4n) is 2.72. The second kappa shape index (κ2) is 5.94. The minimum Gasteiger partial charge on any atom is -0.296 e. The van der Waals surface area contributed by atoms with Gasteiger partial charge in [0.2, 0.25) is 0 Å². The molecule has 0 unspecified atom stereocenters. The minimum absolute atomic E-state index is 0.184. The molecule has 2 nitrogen and oxygen atoms in total. The molecular formula is C15H22ClNOS. The summed E-state index contributed by atoms with van der Waals surface area (Å²) in [6, 6.07) is 4.17. The van der Waals surface area contributed by atoms with E-state index in [0.29, 0.717) is 22.3 Å². The van der Waals surface area contributed by atoms with Crippen LogP contribution in [0.2, 0.25) is 4.34 Å². The van der Waals surface area contributed by atoms with Gasteiger partial charge in [-0.25, -0.2) is 0 Å². The molecule has 106 valence electrons. The Labute approximate surface area is 124 Å². The lowest BCUT2D eigenvalue weighted by atomic mass is 9.75. The molecule has 19 heavy (non-hydrogen) atoms. The number of halogens is 1. The van der Waals surface area contributed by atoms with Gasteiger partial charge in [0.05, 0.1) is 15.8 Å². The van der Waals surface area contributed by atoms with Crippen molar-refractivity contribution in [3.63, 3.8) is 0 Å². The van der Waals surface area contributed by atoms with Crippen molar-refractivity contribution in [2.45, 2.75) is 45.6 Å². The Bertz CT molecular complexity index is 445. The summed E-state index contributed by atoms with van der Waals surface area (Å²) in [7, 11) is 2.07. The average molecular weight is 300 g/mol. The molecule has 1 aromatic rings. The highest BCUT2D eigenvalue weighted by molar-refractivity contribution is 7.18. The quantitative estimate of drug-likeness (QED) is 0.764. The number of carbonyl (C=O) groups excluding carboxylic acids is 1. The molecule has 4 heteroatoms. The average Bonchev–Trinajstić information content (AvgIpc) is 2.75. The first-order chi connectivity index (χ1) is 8.87. The predicted octanol–water partition coefficient (Wildman–Crippen LogP) is 4.48. The van der Waals surface area contributed by atoms with Gasteiger partial charge < -0.3 is 0 Å². The summed E-state index contributed by atoms with van der Waals surface area (Å²) in [4.78, 5) is 15.1. The van der Waals surface area contributed by atoms with Crippen LogP contribution in [-0.4, -0.2) is 30.3 Å². The fourth-order valence-corrected chi connectivity index (χ4v) is 3.70. The monoisotopic (exact) mass is 299 g/mol. The fraction of sp³-hybridized carbons (Fsp3) is 0.667. The van der Waals surface area contributed by atoms with E-state index < -0.39 is 0 Å². The molecule has 0 spiro atoms. The van der Waals surface area contributed by atoms with Gasteiger partial charge in [0.1, 0.15) is 0 Å². The third-order valence-corrected chi connectivity index (χ3v) is 5.45. The normalized spacial score (nSPS) is 19.8. The highest BCUT2D eigenvalue weighted by Crippen LogP contribution is 2.36. The van der Waals surface area contributed by atoms with Gasteiger partial charge in [-0.3, -0.25) is 9.69 Å². The largest absolute Gasteiger partial charge is 0.296 e. The van der Waals surface area contributed by atoms with Crippen molar-refractivity contribution in [1.82, 2.24) is 4.90 Å². The summed E-state index contributed by atoms with van der Waals surface area (Å²) in [6.45, 7) is 5.17. The lowest BCUT2D eigenvalue weighted by molar-refractivity contribution is 0.0855. The van der Waals surface area contributed by atoms with Crippen LogP contribution in [0.4, 0.5) is 0 Å². The number of nitrogens with zero attached hydrogens (tertiary/aromatic N) is 1. The molecule has 0 N–H and O–H groups in total. The smallest absolute Gasteiger partial charge is 0.186 e. The Balaban J connectivity index is 1.88. The summed E-state index contributed by atoms with van der Waals surface area (Å²) in [5.41, 5.74) is 0.475. The molecule has 2 rings (SSSR count). The van der Waals surface area contributed by atoms with Gasteiger partial charge in [0.25, 0.3) is 0 Å². The first kappa shape index (κ1) is 15.0. The van der Waals surface area contributed by atoms with Gasteiger partial charge in [-0.2, -0.15) is 0 Å². The van der Waals surface area contributed by atoms with Crippen LogP contribution in [0, 0.1) is 5.41 Å². The molecule has 0 radical (unpaired) electrons. The Morgan fingerprint density at radius 3 is 2.58 bits per heavy atom. The maximum absolute atomic E-state index is 12.1. The molecule has 1 aliphatic carbocycles. The molecule has 1 fully saturated rings. The molecule has 0 atom stereocenters. The first-order valence-corrected chi connectivity index (χ1v) is 8.06. The number of likely N-dealkylation sites (N-methyl/N-ethyl adjacent to an activating group) is 1. The molecular weight excluding hydrogens is 278 g/mol. The highest BCUT2D eigenvalue weighted by Gasteiger charge is 2.29. The number of thiophene rings is 1. The summed E-state index contributed by atoms with van der Waals surface area (Å²) < 4.78 is 0.686. The van der Waals surface area contributed by atoms with Crippen LogP contribution >= 0.6 is 22.9 Å². The lowest BCUT2D eigenvalue weighted by Crippen LogP contribution is -2.39. The first-order valence-electron chi connectivity index (χ1n) is 6.86. The van der Waals surface area contributed by atoms with E-state index in [9.17, 15) is 4.79 Å². The number of rotatable bonds is 4. The lowest BCUT2D eigenvalue weighted by Gasteiger charge is -2.38. The molecule has 1 heterocycles. The Morgan fingerprint density at radius 1 is 1.42 bits per heavy atom. The van der Waals surface area contributed by atoms with Crippen molar-refractivity contribution in [3.05, 3.63) is 21.3 Å². The standard InChI is InChI=1S/C15H22ClNOS/c1-15(2)8-6-11(7-9-15)17(3)10-12(18)13-4-5-14(16)19-13/h4-5,11H,6-10H2,1-3H3. The third kappa shape index (κ3) is 4.04. The molecule has 1 aliphatic rings. The summed E-state index contributed by atoms with van der Waals surface area (Å²) in [5.74, 6) is 0.184. The number of hydrogen-bond acceptors (Lipinski definition) is 3. The number of carbonyl (C=O) groups is 1. The summed E-state index contributed by atoms with van der Waals surface area (Å²) >= 11 is 7.25. The van der Waals surface area contributed by atoms with Crippen LogP contribution in [0.3, 0.4) is 0 Å². The van der Waals surface area contributed by atoms with Crippen molar-refractivity contribution >= 4 is 28.7 Å². The molecule has 0 amide bonds. The van der Waals surface area contributed by atoms with E-state index >= 15 is 0 Å². The van der Waals surface area contributed by atoms with Crippen molar-refractivity contribution in [2.75, 3.05) is 13.6 Å². The van der Waals surface area contributed by atoms with E-state index in [4.69, 9.17) is 11.6 Å². The van der Waals surface area contributed by atoms with Crippen LogP contribution in [0.25, 0.3) is 0 Å². The van der Waals surface area contributed by atoms with E-state index in [0.717, 1.165) is 4.88 Å². The second-order valence-corrected chi connectivity index (χ2v) is 8.05. The highest BCUT2D eigenvalue weighted by atomic mass is 35.5. The van der Waals surface area contributed by atoms with Gasteiger partial charge in [0, 0.05) is 6.04 Å². The molecule has 0 bridgehead atoms. The zero-order valence-electron chi connectivity index (χ0n) is 11.9. The van der Waals surface area contributed by atoms with Crippen molar-refractivity contribution in [3.8, 4) is 0 Å². The maximum Gasteiger partial charge on any atom is 0.186 e. The molecule has 0 saturated heterocycles. The molecule has 1 aromatic heterocycles. The Kier molecular flexibility index (Phi) is 4.70. The Hall–Kier alpha value is -0.380. The topological polar surface area (TPSA) is 20.3 Å². The summed E-state index contributed by atoms with van der Waals surface area (Å²) in [5, 5.41) is 0.